The Balaban J connectivity index is 1.97. The number of aryl methyl sites for hydroxylation is 1. The summed E-state index contributed by atoms with van der Waals surface area (Å²) in [6.45, 7) is 4.94. The van der Waals surface area contributed by atoms with Crippen molar-refractivity contribution in [3.63, 3.8) is 0 Å². The maximum Gasteiger partial charge on any atom is 0.134 e. The lowest BCUT2D eigenvalue weighted by atomic mass is 10.1. The van der Waals surface area contributed by atoms with Gasteiger partial charge in [0, 0.05) is 29.6 Å². The molecular weight excluding hydrogens is 258 g/mol. The zero-order valence-electron chi connectivity index (χ0n) is 11.3. The molecular formula is C13H19N5S. The van der Waals surface area contributed by atoms with E-state index < -0.39 is 0 Å². The van der Waals surface area contributed by atoms with Crippen LogP contribution in [0.1, 0.15) is 29.6 Å². The average molecular weight is 277 g/mol. The van der Waals surface area contributed by atoms with Crippen molar-refractivity contribution in [3.8, 4) is 0 Å². The third-order valence-corrected chi connectivity index (χ3v) is 3.80. The highest BCUT2D eigenvalue weighted by molar-refractivity contribution is 7.09. The molecule has 0 radical (unpaired) electrons. The minimum Gasteiger partial charge on any atom is -0.383 e. The van der Waals surface area contributed by atoms with Gasteiger partial charge in [-0.25, -0.2) is 15.0 Å². The van der Waals surface area contributed by atoms with Gasteiger partial charge in [-0.2, -0.15) is 0 Å². The van der Waals surface area contributed by atoms with Crippen LogP contribution in [0.15, 0.2) is 11.7 Å². The molecule has 2 rings (SSSR count). The summed E-state index contributed by atoms with van der Waals surface area (Å²) in [5, 5.41) is 6.54. The molecule has 5 nitrogen and oxygen atoms in total. The lowest BCUT2D eigenvalue weighted by Crippen LogP contribution is -2.11. The molecule has 0 atom stereocenters. The van der Waals surface area contributed by atoms with E-state index in [4.69, 9.17) is 5.73 Å². The summed E-state index contributed by atoms with van der Waals surface area (Å²) in [5.41, 5.74) is 7.99. The van der Waals surface area contributed by atoms with Crippen molar-refractivity contribution in [1.29, 1.82) is 0 Å². The van der Waals surface area contributed by atoms with Crippen LogP contribution in [0.5, 0.6) is 0 Å². The van der Waals surface area contributed by atoms with E-state index in [9.17, 15) is 0 Å². The van der Waals surface area contributed by atoms with Crippen LogP contribution in [-0.4, -0.2) is 21.5 Å². The smallest absolute Gasteiger partial charge is 0.134 e. The van der Waals surface area contributed by atoms with Crippen LogP contribution in [0, 0.1) is 6.92 Å². The normalized spacial score (nSPS) is 10.6. The van der Waals surface area contributed by atoms with Crippen LogP contribution in [0.25, 0.3) is 0 Å². The molecule has 0 amide bonds. The molecule has 0 aromatic carbocycles. The first kappa shape index (κ1) is 13.7. The largest absolute Gasteiger partial charge is 0.383 e. The number of rotatable bonds is 6. The van der Waals surface area contributed by atoms with E-state index in [-0.39, 0.29) is 0 Å². The molecule has 2 aromatic heterocycles. The first-order valence-electron chi connectivity index (χ1n) is 6.45. The standard InChI is InChI=1S/C13H19N5S/c1-3-4-10-12(14)16-8-17-13(10)15-6-5-11-18-9(2)7-19-11/h7-8H,3-6H2,1-2H3,(H3,14,15,16,17). The van der Waals surface area contributed by atoms with E-state index in [1.165, 1.54) is 6.33 Å². The van der Waals surface area contributed by atoms with Crippen molar-refractivity contribution in [3.05, 3.63) is 28.0 Å². The summed E-state index contributed by atoms with van der Waals surface area (Å²) < 4.78 is 0. The second kappa shape index (κ2) is 6.47. The molecule has 0 aliphatic rings. The summed E-state index contributed by atoms with van der Waals surface area (Å²) in [5.74, 6) is 1.42. The first-order valence-corrected chi connectivity index (χ1v) is 7.33. The van der Waals surface area contributed by atoms with Gasteiger partial charge in [0.15, 0.2) is 0 Å². The molecule has 0 saturated carbocycles. The van der Waals surface area contributed by atoms with Crippen LogP contribution < -0.4 is 11.1 Å². The Kier molecular flexibility index (Phi) is 4.68. The molecule has 6 heteroatoms. The fraction of sp³-hybridized carbons (Fsp3) is 0.462. The molecule has 0 saturated heterocycles. The second-order valence-corrected chi connectivity index (χ2v) is 5.34. The van der Waals surface area contributed by atoms with E-state index in [1.807, 2.05) is 6.92 Å². The molecule has 0 unspecified atom stereocenters. The van der Waals surface area contributed by atoms with Crippen molar-refractivity contribution in [1.82, 2.24) is 15.0 Å². The average Bonchev–Trinajstić information content (AvgIpc) is 2.79. The predicted molar refractivity (Wildman–Crippen MR) is 79.5 cm³/mol. The van der Waals surface area contributed by atoms with Crippen molar-refractivity contribution in [2.24, 2.45) is 0 Å². The minimum absolute atomic E-state index is 0.574. The Morgan fingerprint density at radius 2 is 2.16 bits per heavy atom. The highest BCUT2D eigenvalue weighted by atomic mass is 32.1. The van der Waals surface area contributed by atoms with Gasteiger partial charge < -0.3 is 11.1 Å². The molecule has 0 fully saturated rings. The topological polar surface area (TPSA) is 76.7 Å². The summed E-state index contributed by atoms with van der Waals surface area (Å²) in [7, 11) is 0. The van der Waals surface area contributed by atoms with Crippen LogP contribution >= 0.6 is 11.3 Å². The van der Waals surface area contributed by atoms with Crippen molar-refractivity contribution < 1.29 is 0 Å². The molecule has 0 aliphatic carbocycles. The Bertz CT molecular complexity index is 538. The Morgan fingerprint density at radius 3 is 2.84 bits per heavy atom. The zero-order chi connectivity index (χ0) is 13.7. The van der Waals surface area contributed by atoms with Gasteiger partial charge in [0.25, 0.3) is 0 Å². The molecule has 2 aromatic rings. The lowest BCUT2D eigenvalue weighted by molar-refractivity contribution is 0.896. The summed E-state index contributed by atoms with van der Waals surface area (Å²) in [4.78, 5) is 12.8. The number of nitrogens with zero attached hydrogens (tertiary/aromatic N) is 3. The van der Waals surface area contributed by atoms with Gasteiger partial charge in [-0.3, -0.25) is 0 Å². The van der Waals surface area contributed by atoms with E-state index in [1.54, 1.807) is 11.3 Å². The third-order valence-electron chi connectivity index (χ3n) is 2.78. The fourth-order valence-corrected chi connectivity index (χ4v) is 2.66. The number of hydrogen-bond acceptors (Lipinski definition) is 6. The zero-order valence-corrected chi connectivity index (χ0v) is 12.1. The van der Waals surface area contributed by atoms with Gasteiger partial charge in [0.1, 0.15) is 18.0 Å². The van der Waals surface area contributed by atoms with Gasteiger partial charge in [-0.15, -0.1) is 11.3 Å². The predicted octanol–water partition coefficient (Wildman–Crippen LogP) is 2.43. The highest BCUT2D eigenvalue weighted by Crippen LogP contribution is 2.19. The van der Waals surface area contributed by atoms with E-state index in [0.29, 0.717) is 5.82 Å². The van der Waals surface area contributed by atoms with Gasteiger partial charge in [-0.05, 0) is 13.3 Å². The molecule has 19 heavy (non-hydrogen) atoms. The Hall–Kier alpha value is -1.69. The van der Waals surface area contributed by atoms with Gasteiger partial charge in [-0.1, -0.05) is 13.3 Å². The van der Waals surface area contributed by atoms with Crippen LogP contribution in [-0.2, 0) is 12.8 Å². The summed E-state index contributed by atoms with van der Waals surface area (Å²) >= 11 is 1.69. The van der Waals surface area contributed by atoms with E-state index in [2.05, 4.69) is 32.6 Å². The summed E-state index contributed by atoms with van der Waals surface area (Å²) in [6.07, 6.45) is 4.32. The third kappa shape index (κ3) is 3.64. The Labute approximate surface area is 117 Å². The number of nitrogen functional groups attached to an aromatic ring is 1. The first-order chi connectivity index (χ1) is 9.20. The van der Waals surface area contributed by atoms with E-state index >= 15 is 0 Å². The number of nitrogens with two attached hydrogens (primary N) is 1. The molecule has 0 spiro atoms. The van der Waals surface area contributed by atoms with Gasteiger partial charge in [0.05, 0.1) is 5.01 Å². The second-order valence-electron chi connectivity index (χ2n) is 4.40. The number of aromatic nitrogens is 3. The highest BCUT2D eigenvalue weighted by Gasteiger charge is 2.08. The maximum atomic E-state index is 5.89. The number of anilines is 2. The lowest BCUT2D eigenvalue weighted by Gasteiger charge is -2.11. The van der Waals surface area contributed by atoms with Crippen LogP contribution in [0.4, 0.5) is 11.6 Å². The number of thiazole rings is 1. The Morgan fingerprint density at radius 1 is 1.32 bits per heavy atom. The van der Waals surface area contributed by atoms with Crippen molar-refractivity contribution in [2.45, 2.75) is 33.1 Å². The quantitative estimate of drug-likeness (QED) is 0.848. The van der Waals surface area contributed by atoms with Crippen molar-refractivity contribution >= 4 is 23.0 Å². The molecule has 102 valence electrons. The molecule has 0 bridgehead atoms. The van der Waals surface area contributed by atoms with Crippen LogP contribution in [0.2, 0.25) is 0 Å². The van der Waals surface area contributed by atoms with Crippen molar-refractivity contribution in [2.75, 3.05) is 17.6 Å². The SMILES string of the molecule is CCCc1c(N)ncnc1NCCc1nc(C)cs1. The molecule has 3 N–H and O–H groups in total. The van der Waals surface area contributed by atoms with Gasteiger partial charge >= 0.3 is 0 Å². The molecule has 2 heterocycles. The fourth-order valence-electron chi connectivity index (χ4n) is 1.88. The summed E-state index contributed by atoms with van der Waals surface area (Å²) in [6, 6.07) is 0. The maximum absolute atomic E-state index is 5.89. The molecule has 0 aliphatic heterocycles. The number of nitrogens with one attached hydrogen (secondary N) is 1. The van der Waals surface area contributed by atoms with E-state index in [0.717, 1.165) is 47.9 Å². The van der Waals surface area contributed by atoms with Gasteiger partial charge in [0.2, 0.25) is 0 Å². The minimum atomic E-state index is 0.574. The van der Waals surface area contributed by atoms with Crippen LogP contribution in [0.3, 0.4) is 0 Å². The monoisotopic (exact) mass is 277 g/mol. The number of hydrogen-bond donors (Lipinski definition) is 2.